The van der Waals surface area contributed by atoms with Crippen molar-refractivity contribution in [3.63, 3.8) is 0 Å². The highest BCUT2D eigenvalue weighted by Gasteiger charge is 2.67. The third-order valence-corrected chi connectivity index (χ3v) is 8.92. The molecule has 0 radical (unpaired) electrons. The van der Waals surface area contributed by atoms with Crippen LogP contribution in [0.5, 0.6) is 0 Å². The zero-order valence-corrected chi connectivity index (χ0v) is 18.7. The number of halogens is 3. The zero-order chi connectivity index (χ0) is 23.5. The molecule has 8 unspecified atom stereocenters. The summed E-state index contributed by atoms with van der Waals surface area (Å²) in [7, 11) is 0. The highest BCUT2D eigenvalue weighted by Crippen LogP contribution is 2.65. The summed E-state index contributed by atoms with van der Waals surface area (Å²) in [6.45, 7) is 0. The van der Waals surface area contributed by atoms with Gasteiger partial charge in [0.1, 0.15) is 11.6 Å². The molecule has 0 aromatic heterocycles. The van der Waals surface area contributed by atoms with Gasteiger partial charge in [-0.05, 0) is 78.3 Å². The smallest absolute Gasteiger partial charge is 0.238 e. The number of allylic oxidation sites excluding steroid dienone is 2. The first-order valence-electron chi connectivity index (χ1n) is 11.7. The zero-order valence-electron chi connectivity index (χ0n) is 18.0. The highest BCUT2D eigenvalue weighted by molar-refractivity contribution is 6.31. The van der Waals surface area contributed by atoms with Gasteiger partial charge in [-0.3, -0.25) is 14.4 Å². The molecule has 8 rings (SSSR count). The van der Waals surface area contributed by atoms with Crippen molar-refractivity contribution in [3.8, 4) is 0 Å². The molecule has 4 fully saturated rings. The van der Waals surface area contributed by atoms with Crippen molar-refractivity contribution < 1.29 is 23.2 Å². The van der Waals surface area contributed by atoms with Crippen molar-refractivity contribution in [1.29, 1.82) is 0 Å². The van der Waals surface area contributed by atoms with E-state index in [1.807, 2.05) is 0 Å². The summed E-state index contributed by atoms with van der Waals surface area (Å²) in [5.74, 6) is -2.08. The van der Waals surface area contributed by atoms with Crippen molar-refractivity contribution in [2.24, 2.45) is 41.4 Å². The van der Waals surface area contributed by atoms with Crippen molar-refractivity contribution in [2.75, 3.05) is 4.90 Å². The number of imide groups is 1. The molecule has 0 N–H and O–H groups in total. The van der Waals surface area contributed by atoms with Gasteiger partial charge in [0.25, 0.3) is 0 Å². The van der Waals surface area contributed by atoms with Crippen molar-refractivity contribution in [2.45, 2.75) is 18.8 Å². The quantitative estimate of drug-likeness (QED) is 0.346. The molecule has 5 aliphatic carbocycles. The molecule has 7 heteroatoms. The van der Waals surface area contributed by atoms with Gasteiger partial charge in [-0.15, -0.1) is 0 Å². The van der Waals surface area contributed by atoms with E-state index in [-0.39, 0.29) is 63.8 Å². The predicted octanol–water partition coefficient (Wildman–Crippen LogP) is 5.16. The molecule has 6 aliphatic rings. The van der Waals surface area contributed by atoms with E-state index < -0.39 is 11.6 Å². The SMILES string of the molecule is O=C(c1ccc(F)c(Cl)c1)C1CC1c1ccc(N2C(=O)C3C4C=CC(C5CC45)C3C2=O)c(F)c1. The lowest BCUT2D eigenvalue weighted by Gasteiger charge is -2.37. The summed E-state index contributed by atoms with van der Waals surface area (Å²) in [6.07, 6.45) is 5.81. The Morgan fingerprint density at radius 1 is 0.882 bits per heavy atom. The molecule has 2 amide bonds. The monoisotopic (exact) mass is 479 g/mol. The number of amides is 2. The van der Waals surface area contributed by atoms with Gasteiger partial charge in [-0.25, -0.2) is 13.7 Å². The second-order valence-corrected chi connectivity index (χ2v) is 10.7. The Labute approximate surface area is 199 Å². The van der Waals surface area contributed by atoms with Crippen LogP contribution in [0, 0.1) is 53.1 Å². The number of carbonyl (C=O) groups is 3. The van der Waals surface area contributed by atoms with Crippen molar-refractivity contribution >= 4 is 34.9 Å². The maximum absolute atomic E-state index is 15.3. The Balaban J connectivity index is 1.13. The lowest BCUT2D eigenvalue weighted by atomic mass is 9.63. The molecule has 1 aliphatic heterocycles. The molecular formula is C27H20ClF2NO3. The minimum atomic E-state index is -0.633. The van der Waals surface area contributed by atoms with E-state index in [1.54, 1.807) is 6.07 Å². The predicted molar refractivity (Wildman–Crippen MR) is 120 cm³/mol. The minimum absolute atomic E-state index is 0.00457. The molecule has 2 aromatic rings. The topological polar surface area (TPSA) is 54.5 Å². The molecule has 1 saturated heterocycles. The Hall–Kier alpha value is -2.86. The Morgan fingerprint density at radius 3 is 2.18 bits per heavy atom. The average molecular weight is 480 g/mol. The first-order valence-corrected chi connectivity index (χ1v) is 12.1. The number of anilines is 1. The Kier molecular flexibility index (Phi) is 4.13. The summed E-state index contributed by atoms with van der Waals surface area (Å²) in [5.41, 5.74) is 0.968. The first-order chi connectivity index (χ1) is 16.3. The van der Waals surface area contributed by atoms with Gasteiger partial charge < -0.3 is 0 Å². The second-order valence-electron chi connectivity index (χ2n) is 10.3. The lowest BCUT2D eigenvalue weighted by Crippen LogP contribution is -2.40. The molecule has 8 atom stereocenters. The number of ketones is 1. The third kappa shape index (κ3) is 2.72. The molecular weight excluding hydrogens is 460 g/mol. The standard InChI is InChI=1S/C27H20ClF2NO3/c28-19-7-12(1-5-20(19)29)25(32)18-9-15(18)11-2-6-22(21(30)8-11)31-26(33)23-13-3-4-14(17-10-16(13)17)24(23)27(31)34/h1-8,13-18,23-24H,9-10H2. The average Bonchev–Trinajstić information content (AvgIpc) is 3.74. The van der Waals surface area contributed by atoms with Gasteiger partial charge in [-0.1, -0.05) is 29.8 Å². The fourth-order valence-electron chi connectivity index (χ4n) is 6.85. The Morgan fingerprint density at radius 2 is 1.56 bits per heavy atom. The van der Waals surface area contributed by atoms with Crippen molar-refractivity contribution in [1.82, 2.24) is 0 Å². The minimum Gasteiger partial charge on any atom is -0.294 e. The summed E-state index contributed by atoms with van der Waals surface area (Å²) in [4.78, 5) is 40.3. The molecule has 172 valence electrons. The lowest BCUT2D eigenvalue weighted by molar-refractivity contribution is -0.124. The number of rotatable bonds is 4. The molecule has 34 heavy (non-hydrogen) atoms. The van der Waals surface area contributed by atoms with E-state index in [2.05, 4.69) is 12.2 Å². The van der Waals surface area contributed by atoms with E-state index in [1.165, 1.54) is 24.3 Å². The molecule has 2 bridgehead atoms. The van der Waals surface area contributed by atoms with Crippen LogP contribution in [0.25, 0.3) is 0 Å². The summed E-state index contributed by atoms with van der Waals surface area (Å²) in [5, 5.41) is -0.111. The van der Waals surface area contributed by atoms with Crippen LogP contribution in [0.4, 0.5) is 14.5 Å². The number of nitrogens with zero attached hydrogens (tertiary/aromatic N) is 1. The van der Waals surface area contributed by atoms with Crippen LogP contribution in [0.2, 0.25) is 5.02 Å². The third-order valence-electron chi connectivity index (χ3n) is 8.63. The van der Waals surface area contributed by atoms with Gasteiger partial charge >= 0.3 is 0 Å². The molecule has 2 aromatic carbocycles. The maximum atomic E-state index is 15.3. The summed E-state index contributed by atoms with van der Waals surface area (Å²) >= 11 is 5.80. The highest BCUT2D eigenvalue weighted by atomic mass is 35.5. The fourth-order valence-corrected chi connectivity index (χ4v) is 7.03. The summed E-state index contributed by atoms with van der Waals surface area (Å²) in [6, 6.07) is 8.39. The second kappa shape index (κ2) is 6.85. The van der Waals surface area contributed by atoms with Crippen LogP contribution in [0.15, 0.2) is 48.6 Å². The van der Waals surface area contributed by atoms with Crippen LogP contribution in [0.1, 0.15) is 34.7 Å². The van der Waals surface area contributed by atoms with E-state index in [0.29, 0.717) is 29.4 Å². The molecule has 4 nitrogen and oxygen atoms in total. The van der Waals surface area contributed by atoms with E-state index in [4.69, 9.17) is 11.6 Å². The van der Waals surface area contributed by atoms with Gasteiger partial charge in [0.15, 0.2) is 5.78 Å². The number of hydrogen-bond donors (Lipinski definition) is 0. The Bertz CT molecular complexity index is 1300. The number of Topliss-reactive ketones (excluding diaryl/α,β-unsaturated/α-hetero) is 1. The van der Waals surface area contributed by atoms with Gasteiger partial charge in [0.05, 0.1) is 22.5 Å². The van der Waals surface area contributed by atoms with Crippen molar-refractivity contribution in [3.05, 3.63) is 76.3 Å². The van der Waals surface area contributed by atoms with Crippen LogP contribution in [-0.2, 0) is 9.59 Å². The largest absolute Gasteiger partial charge is 0.294 e. The van der Waals surface area contributed by atoms with Crippen LogP contribution in [-0.4, -0.2) is 17.6 Å². The number of hydrogen-bond acceptors (Lipinski definition) is 3. The first kappa shape index (κ1) is 20.5. The van der Waals surface area contributed by atoms with Gasteiger partial charge in [-0.2, -0.15) is 0 Å². The van der Waals surface area contributed by atoms with Gasteiger partial charge in [0, 0.05) is 11.5 Å². The van der Waals surface area contributed by atoms with E-state index in [0.717, 1.165) is 17.4 Å². The van der Waals surface area contributed by atoms with Crippen LogP contribution < -0.4 is 4.90 Å². The normalized spacial score (nSPS) is 36.5. The molecule has 3 saturated carbocycles. The van der Waals surface area contributed by atoms with Crippen LogP contribution >= 0.6 is 11.6 Å². The van der Waals surface area contributed by atoms with Gasteiger partial charge in [0.2, 0.25) is 11.8 Å². The summed E-state index contributed by atoms with van der Waals surface area (Å²) < 4.78 is 28.7. The van der Waals surface area contributed by atoms with Crippen LogP contribution in [0.3, 0.4) is 0 Å². The molecule has 0 spiro atoms. The maximum Gasteiger partial charge on any atom is 0.238 e. The fraction of sp³-hybridized carbons (Fsp3) is 0.370. The van der Waals surface area contributed by atoms with E-state index in [9.17, 15) is 18.8 Å². The molecule has 1 heterocycles. The van der Waals surface area contributed by atoms with E-state index >= 15 is 4.39 Å². The number of carbonyl (C=O) groups excluding carboxylic acids is 3. The number of benzene rings is 2.